The largest absolute Gasteiger partial charge is 0.492 e. The van der Waals surface area contributed by atoms with E-state index in [1.807, 2.05) is 6.07 Å². The Hall–Kier alpha value is -1.06. The van der Waals surface area contributed by atoms with Crippen molar-refractivity contribution in [2.24, 2.45) is 0 Å². The molecule has 0 spiro atoms. The van der Waals surface area contributed by atoms with Gasteiger partial charge in [0.05, 0.1) is 0 Å². The number of ether oxygens (including phenoxy) is 1. The van der Waals surface area contributed by atoms with Crippen molar-refractivity contribution >= 4 is 0 Å². The van der Waals surface area contributed by atoms with E-state index in [2.05, 4.69) is 56.4 Å². The minimum absolute atomic E-state index is 0.428. The molecule has 1 N–H and O–H groups in total. The van der Waals surface area contributed by atoms with Crippen LogP contribution in [0, 0.1) is 0 Å². The molecule has 19 heavy (non-hydrogen) atoms. The maximum atomic E-state index is 5.79. The zero-order chi connectivity index (χ0) is 14.1. The van der Waals surface area contributed by atoms with Gasteiger partial charge in [-0.25, -0.2) is 0 Å². The van der Waals surface area contributed by atoms with Crippen molar-refractivity contribution in [3.63, 3.8) is 0 Å². The monoisotopic (exact) mass is 264 g/mol. The molecule has 0 saturated carbocycles. The molecule has 0 amide bonds. The fourth-order valence-electron chi connectivity index (χ4n) is 1.98. The zero-order valence-electron chi connectivity index (χ0n) is 12.8. The number of nitrogens with one attached hydrogen (secondary N) is 1. The van der Waals surface area contributed by atoms with E-state index >= 15 is 0 Å². The highest BCUT2D eigenvalue weighted by molar-refractivity contribution is 5.30. The lowest BCUT2D eigenvalue weighted by Gasteiger charge is -2.18. The molecule has 0 heterocycles. The molecular weight excluding hydrogens is 236 g/mol. The highest BCUT2D eigenvalue weighted by Crippen LogP contribution is 2.21. The fourth-order valence-corrected chi connectivity index (χ4v) is 1.98. The molecule has 1 rings (SSSR count). The summed E-state index contributed by atoms with van der Waals surface area (Å²) < 4.78 is 5.79. The quantitative estimate of drug-likeness (QED) is 0.742. The lowest BCUT2D eigenvalue weighted by atomic mass is 10.0. The van der Waals surface area contributed by atoms with E-state index in [0.29, 0.717) is 6.04 Å². The van der Waals surface area contributed by atoms with Gasteiger partial charge in [-0.2, -0.15) is 0 Å². The summed E-state index contributed by atoms with van der Waals surface area (Å²) in [5.41, 5.74) is 1.32. The molecule has 0 fully saturated rings. The van der Waals surface area contributed by atoms with E-state index in [1.54, 1.807) is 0 Å². The second-order valence-corrected chi connectivity index (χ2v) is 5.14. The van der Waals surface area contributed by atoms with Crippen LogP contribution in [0.4, 0.5) is 0 Å². The van der Waals surface area contributed by atoms with Crippen molar-refractivity contribution in [3.05, 3.63) is 29.8 Å². The number of hydrogen-bond donors (Lipinski definition) is 1. The predicted molar refractivity (Wildman–Crippen MR) is 81.8 cm³/mol. The Morgan fingerprint density at radius 1 is 1.26 bits per heavy atom. The fraction of sp³-hybridized carbons (Fsp3) is 0.625. The first-order valence-corrected chi connectivity index (χ1v) is 7.28. The maximum Gasteiger partial charge on any atom is 0.119 e. The van der Waals surface area contributed by atoms with Crippen LogP contribution in [-0.4, -0.2) is 38.7 Å². The van der Waals surface area contributed by atoms with Gasteiger partial charge in [0.2, 0.25) is 0 Å². The molecular formula is C16H28N2O. The van der Waals surface area contributed by atoms with Gasteiger partial charge in [-0.05, 0) is 51.2 Å². The van der Waals surface area contributed by atoms with Gasteiger partial charge in [-0.1, -0.05) is 26.0 Å². The molecule has 0 bridgehead atoms. The van der Waals surface area contributed by atoms with E-state index < -0.39 is 0 Å². The third-order valence-electron chi connectivity index (χ3n) is 3.12. The van der Waals surface area contributed by atoms with E-state index in [4.69, 9.17) is 4.74 Å². The molecule has 0 saturated heterocycles. The molecule has 3 heteroatoms. The minimum Gasteiger partial charge on any atom is -0.492 e. The Morgan fingerprint density at radius 3 is 2.68 bits per heavy atom. The lowest BCUT2D eigenvalue weighted by Crippen LogP contribution is -2.21. The third kappa shape index (κ3) is 6.08. The normalized spacial score (nSPS) is 12.7. The van der Waals surface area contributed by atoms with Crippen LogP contribution < -0.4 is 10.1 Å². The summed E-state index contributed by atoms with van der Waals surface area (Å²) in [5.74, 6) is 0.969. The average molecular weight is 264 g/mol. The summed E-state index contributed by atoms with van der Waals surface area (Å²) in [6, 6.07) is 8.88. The van der Waals surface area contributed by atoms with Gasteiger partial charge in [-0.3, -0.25) is 0 Å². The summed E-state index contributed by atoms with van der Waals surface area (Å²) in [6.07, 6.45) is 2.26. The van der Waals surface area contributed by atoms with Gasteiger partial charge >= 0.3 is 0 Å². The van der Waals surface area contributed by atoms with E-state index in [9.17, 15) is 0 Å². The van der Waals surface area contributed by atoms with E-state index in [1.165, 1.54) is 5.56 Å². The summed E-state index contributed by atoms with van der Waals surface area (Å²) in [7, 11) is 4.11. The zero-order valence-corrected chi connectivity index (χ0v) is 12.8. The van der Waals surface area contributed by atoms with Crippen LogP contribution >= 0.6 is 0 Å². The van der Waals surface area contributed by atoms with Crippen LogP contribution in [-0.2, 0) is 0 Å². The standard InChI is InChI=1S/C16H28N2O/c1-5-10-17-16(6-2)14-8-7-9-15(13-14)19-12-11-18(3)4/h7-9,13,16-17H,5-6,10-12H2,1-4H3. The number of rotatable bonds is 9. The molecule has 1 atom stereocenters. The lowest BCUT2D eigenvalue weighted by molar-refractivity contribution is 0.261. The van der Waals surface area contributed by atoms with Crippen LogP contribution in [0.1, 0.15) is 38.3 Å². The molecule has 108 valence electrons. The number of likely N-dealkylation sites (N-methyl/N-ethyl adjacent to an activating group) is 1. The van der Waals surface area contributed by atoms with Gasteiger partial charge in [0, 0.05) is 12.6 Å². The van der Waals surface area contributed by atoms with Crippen molar-refractivity contribution < 1.29 is 4.74 Å². The number of nitrogens with zero attached hydrogens (tertiary/aromatic N) is 1. The summed E-state index contributed by atoms with van der Waals surface area (Å²) in [5, 5.41) is 3.57. The summed E-state index contributed by atoms with van der Waals surface area (Å²) in [4.78, 5) is 2.13. The Kier molecular flexibility index (Phi) is 7.53. The first kappa shape index (κ1) is 16.0. The molecule has 0 radical (unpaired) electrons. The van der Waals surface area contributed by atoms with Gasteiger partial charge in [-0.15, -0.1) is 0 Å². The van der Waals surface area contributed by atoms with E-state index in [0.717, 1.165) is 38.3 Å². The van der Waals surface area contributed by atoms with Gasteiger partial charge in [0.15, 0.2) is 0 Å². The Morgan fingerprint density at radius 2 is 2.05 bits per heavy atom. The highest BCUT2D eigenvalue weighted by atomic mass is 16.5. The molecule has 1 unspecified atom stereocenters. The second-order valence-electron chi connectivity index (χ2n) is 5.14. The van der Waals surface area contributed by atoms with Crippen molar-refractivity contribution in [2.45, 2.75) is 32.7 Å². The topological polar surface area (TPSA) is 24.5 Å². The molecule has 1 aromatic rings. The Bertz CT molecular complexity index is 352. The van der Waals surface area contributed by atoms with E-state index in [-0.39, 0.29) is 0 Å². The molecule has 3 nitrogen and oxygen atoms in total. The van der Waals surface area contributed by atoms with Crippen molar-refractivity contribution in [1.82, 2.24) is 10.2 Å². The molecule has 0 aliphatic heterocycles. The molecule has 0 aliphatic carbocycles. The first-order chi connectivity index (χ1) is 9.17. The molecule has 0 aliphatic rings. The van der Waals surface area contributed by atoms with Gasteiger partial charge < -0.3 is 15.0 Å². The SMILES string of the molecule is CCCNC(CC)c1cccc(OCCN(C)C)c1. The predicted octanol–water partition coefficient (Wildman–Crippen LogP) is 3.08. The summed E-state index contributed by atoms with van der Waals surface area (Å²) >= 11 is 0. The minimum atomic E-state index is 0.428. The highest BCUT2D eigenvalue weighted by Gasteiger charge is 2.08. The van der Waals surface area contributed by atoms with Crippen molar-refractivity contribution in [2.75, 3.05) is 33.8 Å². The van der Waals surface area contributed by atoms with Gasteiger partial charge in [0.1, 0.15) is 12.4 Å². The number of benzene rings is 1. The Balaban J connectivity index is 2.58. The van der Waals surface area contributed by atoms with Crippen LogP contribution in [0.25, 0.3) is 0 Å². The first-order valence-electron chi connectivity index (χ1n) is 7.28. The second kappa shape index (κ2) is 8.94. The van der Waals surface area contributed by atoms with Crippen molar-refractivity contribution in [1.29, 1.82) is 0 Å². The number of hydrogen-bond acceptors (Lipinski definition) is 3. The van der Waals surface area contributed by atoms with Crippen LogP contribution in [0.15, 0.2) is 24.3 Å². The Labute approximate surface area is 118 Å². The van der Waals surface area contributed by atoms with Crippen LogP contribution in [0.2, 0.25) is 0 Å². The van der Waals surface area contributed by atoms with Crippen LogP contribution in [0.5, 0.6) is 5.75 Å². The smallest absolute Gasteiger partial charge is 0.119 e. The van der Waals surface area contributed by atoms with Crippen LogP contribution in [0.3, 0.4) is 0 Å². The molecule has 0 aromatic heterocycles. The van der Waals surface area contributed by atoms with Gasteiger partial charge in [0.25, 0.3) is 0 Å². The summed E-state index contributed by atoms with van der Waals surface area (Å²) in [6.45, 7) is 7.14. The average Bonchev–Trinajstić information content (AvgIpc) is 2.40. The van der Waals surface area contributed by atoms with Crippen molar-refractivity contribution in [3.8, 4) is 5.75 Å². The molecule has 1 aromatic carbocycles. The maximum absolute atomic E-state index is 5.79. The third-order valence-corrected chi connectivity index (χ3v) is 3.12.